The van der Waals surface area contributed by atoms with Crippen LogP contribution in [0.15, 0.2) is 24.3 Å². The van der Waals surface area contributed by atoms with Gasteiger partial charge in [-0.3, -0.25) is 0 Å². The van der Waals surface area contributed by atoms with Crippen molar-refractivity contribution < 1.29 is 4.79 Å². The van der Waals surface area contributed by atoms with Crippen molar-refractivity contribution in [1.82, 2.24) is 4.90 Å². The van der Waals surface area contributed by atoms with Crippen LogP contribution in [0.4, 0.5) is 0 Å². The molecule has 2 N–H and O–H groups in total. The topological polar surface area (TPSA) is 46.3 Å². The van der Waals surface area contributed by atoms with Crippen molar-refractivity contribution in [2.24, 2.45) is 5.73 Å². The summed E-state index contributed by atoms with van der Waals surface area (Å²) in [5, 5.41) is 0. The summed E-state index contributed by atoms with van der Waals surface area (Å²) < 4.78 is 0. The predicted molar refractivity (Wildman–Crippen MR) is 79.7 cm³/mol. The van der Waals surface area contributed by atoms with E-state index in [0.29, 0.717) is 0 Å². The van der Waals surface area contributed by atoms with Gasteiger partial charge in [0.15, 0.2) is 0 Å². The number of carbonyl (C=O) groups excluding carboxylic acids is 1. The number of rotatable bonds is 4. The van der Waals surface area contributed by atoms with E-state index in [1.807, 2.05) is 13.8 Å². The highest BCUT2D eigenvalue weighted by molar-refractivity contribution is 5.44. The normalized spacial score (nSPS) is 8.83. The minimum absolute atomic E-state index is 0.725. The molecule has 0 aromatic heterocycles. The highest BCUT2D eigenvalue weighted by Crippen LogP contribution is 2.05. The first kappa shape index (κ1) is 19.2. The lowest BCUT2D eigenvalue weighted by atomic mass is 10.1. The number of nitrogens with two attached hydrogens (primary N) is 1. The van der Waals surface area contributed by atoms with Crippen molar-refractivity contribution in [2.75, 3.05) is 20.1 Å². The Morgan fingerprint density at radius 1 is 1.22 bits per heavy atom. The molecule has 0 atom stereocenters. The molecule has 3 nitrogen and oxygen atoms in total. The predicted octanol–water partition coefficient (Wildman–Crippen LogP) is 2.62. The van der Waals surface area contributed by atoms with Gasteiger partial charge in [-0.25, -0.2) is 0 Å². The number of hydrogen-bond donors (Lipinski definition) is 1. The van der Waals surface area contributed by atoms with E-state index < -0.39 is 0 Å². The Kier molecular flexibility index (Phi) is 14.8. The highest BCUT2D eigenvalue weighted by atomic mass is 16.1. The zero-order valence-corrected chi connectivity index (χ0v) is 12.4. The first-order chi connectivity index (χ1) is 8.63. The number of aryl methyl sites for hydroxylation is 1. The van der Waals surface area contributed by atoms with Gasteiger partial charge in [0.25, 0.3) is 0 Å². The molecule has 0 radical (unpaired) electrons. The van der Waals surface area contributed by atoms with Crippen molar-refractivity contribution in [3.63, 3.8) is 0 Å². The fraction of sp³-hybridized carbons (Fsp3) is 0.533. The summed E-state index contributed by atoms with van der Waals surface area (Å²) in [6.07, 6.45) is 0.750. The lowest BCUT2D eigenvalue weighted by molar-refractivity contribution is -0.106. The van der Waals surface area contributed by atoms with Gasteiger partial charge in [-0.1, -0.05) is 43.7 Å². The van der Waals surface area contributed by atoms with Crippen molar-refractivity contribution in [3.8, 4) is 0 Å². The zero-order chi connectivity index (χ0) is 14.4. The van der Waals surface area contributed by atoms with Crippen LogP contribution < -0.4 is 5.73 Å². The molecule has 0 bridgehead atoms. The van der Waals surface area contributed by atoms with E-state index in [-0.39, 0.29) is 0 Å². The molecule has 3 heteroatoms. The van der Waals surface area contributed by atoms with Crippen LogP contribution in [0.3, 0.4) is 0 Å². The summed E-state index contributed by atoms with van der Waals surface area (Å²) >= 11 is 0. The fourth-order valence-electron chi connectivity index (χ4n) is 1.30. The largest absolute Gasteiger partial charge is 0.329 e. The molecule has 1 rings (SSSR count). The van der Waals surface area contributed by atoms with Gasteiger partial charge >= 0.3 is 0 Å². The van der Waals surface area contributed by atoms with Crippen LogP contribution in [0.1, 0.15) is 31.9 Å². The average molecular weight is 252 g/mol. The Labute approximate surface area is 112 Å². The Hall–Kier alpha value is -1.19. The number of hydrogen-bond acceptors (Lipinski definition) is 3. The van der Waals surface area contributed by atoms with Gasteiger partial charge in [-0.15, -0.1) is 0 Å². The molecule has 0 saturated carbocycles. The SMILES string of the molecule is CC.CC=O.Cc1ccc(CN(C)CCN)cc1. The molecule has 1 aromatic carbocycles. The minimum Gasteiger partial charge on any atom is -0.329 e. The monoisotopic (exact) mass is 252 g/mol. The standard InChI is InChI=1S/C11H18N2.C2H4O.C2H6/c1-10-3-5-11(6-4-10)9-13(2)8-7-12;1-2-3;1-2/h3-6H,7-9,12H2,1-2H3;2H,1H3;1-2H3. The van der Waals surface area contributed by atoms with Gasteiger partial charge in [0.05, 0.1) is 0 Å². The molecule has 104 valence electrons. The maximum atomic E-state index is 8.81. The van der Waals surface area contributed by atoms with E-state index in [4.69, 9.17) is 10.5 Å². The van der Waals surface area contributed by atoms with Crippen LogP contribution in [0, 0.1) is 6.92 Å². The van der Waals surface area contributed by atoms with Gasteiger partial charge in [0.1, 0.15) is 6.29 Å². The van der Waals surface area contributed by atoms with E-state index in [2.05, 4.69) is 43.1 Å². The third-order valence-electron chi connectivity index (χ3n) is 2.08. The lowest BCUT2D eigenvalue weighted by Crippen LogP contribution is -2.24. The van der Waals surface area contributed by atoms with E-state index >= 15 is 0 Å². The maximum Gasteiger partial charge on any atom is 0.116 e. The summed E-state index contributed by atoms with van der Waals surface area (Å²) in [4.78, 5) is 11.0. The molecule has 0 heterocycles. The number of carbonyl (C=O) groups is 1. The third-order valence-corrected chi connectivity index (χ3v) is 2.08. The van der Waals surface area contributed by atoms with Crippen LogP contribution in [0.25, 0.3) is 0 Å². The van der Waals surface area contributed by atoms with Crippen LogP contribution in [0.5, 0.6) is 0 Å². The Morgan fingerprint density at radius 3 is 2.06 bits per heavy atom. The molecule has 0 unspecified atom stereocenters. The summed E-state index contributed by atoms with van der Waals surface area (Å²) in [5.41, 5.74) is 8.12. The van der Waals surface area contributed by atoms with Gasteiger partial charge in [-0.05, 0) is 26.5 Å². The van der Waals surface area contributed by atoms with Crippen molar-refractivity contribution in [2.45, 2.75) is 34.2 Å². The molecular weight excluding hydrogens is 224 g/mol. The molecular formula is C15H28N2O. The summed E-state index contributed by atoms with van der Waals surface area (Å²) in [6, 6.07) is 8.63. The third kappa shape index (κ3) is 11.3. The Bertz CT molecular complexity index is 283. The number of likely N-dealkylation sites (N-methyl/N-ethyl adjacent to an activating group) is 1. The summed E-state index contributed by atoms with van der Waals surface area (Å²) in [6.45, 7) is 10.2. The second-order valence-corrected chi connectivity index (χ2v) is 3.75. The van der Waals surface area contributed by atoms with Crippen molar-refractivity contribution >= 4 is 6.29 Å². The van der Waals surface area contributed by atoms with Crippen LogP contribution in [-0.4, -0.2) is 31.3 Å². The van der Waals surface area contributed by atoms with Crippen molar-refractivity contribution in [1.29, 1.82) is 0 Å². The molecule has 0 saturated heterocycles. The van der Waals surface area contributed by atoms with Gasteiger partial charge in [0.2, 0.25) is 0 Å². The van der Waals surface area contributed by atoms with E-state index in [0.717, 1.165) is 25.9 Å². The smallest absolute Gasteiger partial charge is 0.116 e. The Balaban J connectivity index is 0. The molecule has 0 spiro atoms. The second kappa shape index (κ2) is 13.9. The molecule has 0 aliphatic rings. The quantitative estimate of drug-likeness (QED) is 0.838. The van der Waals surface area contributed by atoms with Crippen LogP contribution in [0.2, 0.25) is 0 Å². The minimum atomic E-state index is 0.725. The van der Waals surface area contributed by atoms with Crippen LogP contribution >= 0.6 is 0 Å². The second-order valence-electron chi connectivity index (χ2n) is 3.75. The van der Waals surface area contributed by atoms with Gasteiger partial charge in [-0.2, -0.15) is 0 Å². The lowest BCUT2D eigenvalue weighted by Gasteiger charge is -2.15. The molecule has 0 amide bonds. The van der Waals surface area contributed by atoms with Crippen molar-refractivity contribution in [3.05, 3.63) is 35.4 Å². The van der Waals surface area contributed by atoms with E-state index in [9.17, 15) is 0 Å². The number of benzene rings is 1. The first-order valence-corrected chi connectivity index (χ1v) is 6.48. The van der Waals surface area contributed by atoms with Gasteiger partial charge in [0, 0.05) is 19.6 Å². The first-order valence-electron chi connectivity index (χ1n) is 6.48. The summed E-state index contributed by atoms with van der Waals surface area (Å²) in [5.74, 6) is 0. The van der Waals surface area contributed by atoms with E-state index in [1.165, 1.54) is 18.1 Å². The zero-order valence-electron chi connectivity index (χ0n) is 12.4. The molecule has 1 aromatic rings. The number of nitrogens with zero attached hydrogens (tertiary/aromatic N) is 1. The molecule has 0 aliphatic carbocycles. The number of aldehydes is 1. The van der Waals surface area contributed by atoms with Gasteiger partial charge < -0.3 is 15.4 Å². The van der Waals surface area contributed by atoms with E-state index in [1.54, 1.807) is 0 Å². The molecule has 0 aliphatic heterocycles. The highest BCUT2D eigenvalue weighted by Gasteiger charge is 1.97. The molecule has 0 fully saturated rings. The summed E-state index contributed by atoms with van der Waals surface area (Å²) in [7, 11) is 2.09. The van der Waals surface area contributed by atoms with Crippen LogP contribution in [-0.2, 0) is 11.3 Å². The molecule has 18 heavy (non-hydrogen) atoms. The average Bonchev–Trinajstić information content (AvgIpc) is 2.36. The maximum absolute atomic E-state index is 8.81. The fourth-order valence-corrected chi connectivity index (χ4v) is 1.30. The Morgan fingerprint density at radius 2 is 1.67 bits per heavy atom.